The summed E-state index contributed by atoms with van der Waals surface area (Å²) >= 11 is 3.45. The van der Waals surface area contributed by atoms with E-state index in [2.05, 4.69) is 25.9 Å². The standard InChI is InChI=1S/C12H8BrN3/c13-9-4-5-12-15-7-11(16(12)8-9)10-3-1-2-6-14-10/h1-8H. The highest BCUT2D eigenvalue weighted by Crippen LogP contribution is 2.20. The zero-order valence-electron chi connectivity index (χ0n) is 8.34. The molecule has 0 radical (unpaired) electrons. The van der Waals surface area contributed by atoms with Crippen molar-refractivity contribution in [2.75, 3.05) is 0 Å². The molecule has 3 heterocycles. The molecule has 0 spiro atoms. The lowest BCUT2D eigenvalue weighted by molar-refractivity contribution is 1.16. The normalized spacial score (nSPS) is 10.8. The molecule has 0 aliphatic carbocycles. The van der Waals surface area contributed by atoms with E-state index in [1.165, 1.54) is 0 Å². The number of pyridine rings is 2. The maximum Gasteiger partial charge on any atom is 0.137 e. The zero-order chi connectivity index (χ0) is 11.0. The summed E-state index contributed by atoms with van der Waals surface area (Å²) in [7, 11) is 0. The van der Waals surface area contributed by atoms with Gasteiger partial charge in [-0.15, -0.1) is 0 Å². The number of halogens is 1. The molecule has 3 aromatic rings. The van der Waals surface area contributed by atoms with E-state index in [0.717, 1.165) is 21.5 Å². The number of hydrogen-bond acceptors (Lipinski definition) is 2. The van der Waals surface area contributed by atoms with Crippen molar-refractivity contribution in [2.45, 2.75) is 0 Å². The molecular weight excluding hydrogens is 266 g/mol. The van der Waals surface area contributed by atoms with Crippen LogP contribution in [0.25, 0.3) is 17.0 Å². The molecule has 3 nitrogen and oxygen atoms in total. The topological polar surface area (TPSA) is 30.2 Å². The van der Waals surface area contributed by atoms with E-state index in [-0.39, 0.29) is 0 Å². The zero-order valence-corrected chi connectivity index (χ0v) is 9.92. The van der Waals surface area contributed by atoms with Gasteiger partial charge in [0, 0.05) is 16.9 Å². The molecule has 3 rings (SSSR count). The first-order valence-electron chi connectivity index (χ1n) is 4.88. The van der Waals surface area contributed by atoms with Crippen molar-refractivity contribution in [1.29, 1.82) is 0 Å². The Hall–Kier alpha value is -1.68. The molecule has 0 aliphatic rings. The fourth-order valence-electron chi connectivity index (χ4n) is 1.66. The highest BCUT2D eigenvalue weighted by atomic mass is 79.9. The van der Waals surface area contributed by atoms with Crippen molar-refractivity contribution < 1.29 is 0 Å². The second kappa shape index (κ2) is 3.72. The summed E-state index contributed by atoms with van der Waals surface area (Å²) in [4.78, 5) is 8.66. The molecule has 0 N–H and O–H groups in total. The third-order valence-corrected chi connectivity index (χ3v) is 2.87. The Bertz CT molecular complexity index is 631. The Morgan fingerprint density at radius 1 is 1.06 bits per heavy atom. The largest absolute Gasteiger partial charge is 0.297 e. The Labute approximate surface area is 101 Å². The van der Waals surface area contributed by atoms with Gasteiger partial charge in [0.25, 0.3) is 0 Å². The Balaban J connectivity index is 2.29. The monoisotopic (exact) mass is 273 g/mol. The number of nitrogens with zero attached hydrogens (tertiary/aromatic N) is 3. The van der Waals surface area contributed by atoms with Gasteiger partial charge < -0.3 is 0 Å². The van der Waals surface area contributed by atoms with Crippen molar-refractivity contribution in [3.63, 3.8) is 0 Å². The van der Waals surface area contributed by atoms with E-state index in [4.69, 9.17) is 0 Å². The highest BCUT2D eigenvalue weighted by molar-refractivity contribution is 9.10. The summed E-state index contributed by atoms with van der Waals surface area (Å²) in [6.45, 7) is 0. The quantitative estimate of drug-likeness (QED) is 0.682. The summed E-state index contributed by atoms with van der Waals surface area (Å²) in [5, 5.41) is 0. The molecule has 4 heteroatoms. The van der Waals surface area contributed by atoms with Gasteiger partial charge in [0.05, 0.1) is 17.6 Å². The minimum atomic E-state index is 0.920. The second-order valence-corrected chi connectivity index (χ2v) is 4.35. The predicted octanol–water partition coefficient (Wildman–Crippen LogP) is 3.16. The number of imidazole rings is 1. The van der Waals surface area contributed by atoms with Gasteiger partial charge in [-0.2, -0.15) is 0 Å². The summed E-state index contributed by atoms with van der Waals surface area (Å²) in [5.74, 6) is 0. The van der Waals surface area contributed by atoms with Gasteiger partial charge in [-0.05, 0) is 40.2 Å². The average Bonchev–Trinajstić information content (AvgIpc) is 2.73. The van der Waals surface area contributed by atoms with Gasteiger partial charge in [0.1, 0.15) is 5.65 Å². The minimum absolute atomic E-state index is 0.920. The van der Waals surface area contributed by atoms with Crippen molar-refractivity contribution in [3.8, 4) is 11.4 Å². The lowest BCUT2D eigenvalue weighted by Crippen LogP contribution is -1.89. The molecule has 16 heavy (non-hydrogen) atoms. The number of aromatic nitrogens is 3. The summed E-state index contributed by atoms with van der Waals surface area (Å²) in [5.41, 5.74) is 2.84. The summed E-state index contributed by atoms with van der Waals surface area (Å²) in [6, 6.07) is 9.80. The average molecular weight is 274 g/mol. The fourth-order valence-corrected chi connectivity index (χ4v) is 2.00. The van der Waals surface area contributed by atoms with Gasteiger partial charge >= 0.3 is 0 Å². The van der Waals surface area contributed by atoms with Crippen LogP contribution in [0.3, 0.4) is 0 Å². The van der Waals surface area contributed by atoms with E-state index < -0.39 is 0 Å². The first kappa shape index (κ1) is 9.54. The van der Waals surface area contributed by atoms with E-state index in [9.17, 15) is 0 Å². The van der Waals surface area contributed by atoms with E-state index in [1.807, 2.05) is 47.1 Å². The van der Waals surface area contributed by atoms with E-state index in [0.29, 0.717) is 0 Å². The molecule has 0 aromatic carbocycles. The molecule has 0 unspecified atom stereocenters. The van der Waals surface area contributed by atoms with Gasteiger partial charge in [0.15, 0.2) is 0 Å². The van der Waals surface area contributed by atoms with Crippen LogP contribution in [0.15, 0.2) is 53.4 Å². The molecule has 0 saturated carbocycles. The van der Waals surface area contributed by atoms with Gasteiger partial charge in [-0.3, -0.25) is 9.38 Å². The lowest BCUT2D eigenvalue weighted by Gasteiger charge is -2.00. The Morgan fingerprint density at radius 3 is 2.81 bits per heavy atom. The van der Waals surface area contributed by atoms with Crippen LogP contribution in [0, 0.1) is 0 Å². The molecule has 0 bridgehead atoms. The molecule has 0 fully saturated rings. The molecular formula is C12H8BrN3. The summed E-state index contributed by atoms with van der Waals surface area (Å²) < 4.78 is 3.04. The van der Waals surface area contributed by atoms with Crippen molar-refractivity contribution >= 4 is 21.6 Å². The van der Waals surface area contributed by atoms with Gasteiger partial charge in [-0.1, -0.05) is 6.07 Å². The number of hydrogen-bond donors (Lipinski definition) is 0. The highest BCUT2D eigenvalue weighted by Gasteiger charge is 2.06. The third kappa shape index (κ3) is 1.51. The van der Waals surface area contributed by atoms with Crippen LogP contribution in [0.5, 0.6) is 0 Å². The van der Waals surface area contributed by atoms with Gasteiger partial charge in [-0.25, -0.2) is 4.98 Å². The maximum absolute atomic E-state index is 4.34. The van der Waals surface area contributed by atoms with Crippen LogP contribution in [0.1, 0.15) is 0 Å². The fraction of sp³-hybridized carbons (Fsp3) is 0. The van der Waals surface area contributed by atoms with Crippen LogP contribution >= 0.6 is 15.9 Å². The van der Waals surface area contributed by atoms with Crippen LogP contribution in [0.4, 0.5) is 0 Å². The first-order valence-corrected chi connectivity index (χ1v) is 5.68. The van der Waals surface area contributed by atoms with Crippen molar-refractivity contribution in [3.05, 3.63) is 53.4 Å². The number of fused-ring (bicyclic) bond motifs is 1. The molecule has 0 amide bonds. The minimum Gasteiger partial charge on any atom is -0.297 e. The first-order chi connectivity index (χ1) is 7.84. The van der Waals surface area contributed by atoms with Gasteiger partial charge in [0.2, 0.25) is 0 Å². The van der Waals surface area contributed by atoms with Crippen LogP contribution in [0.2, 0.25) is 0 Å². The predicted molar refractivity (Wildman–Crippen MR) is 66.1 cm³/mol. The van der Waals surface area contributed by atoms with E-state index in [1.54, 1.807) is 6.20 Å². The smallest absolute Gasteiger partial charge is 0.137 e. The molecule has 0 saturated heterocycles. The van der Waals surface area contributed by atoms with Crippen molar-refractivity contribution in [2.24, 2.45) is 0 Å². The summed E-state index contributed by atoms with van der Waals surface area (Å²) in [6.07, 6.45) is 5.61. The Morgan fingerprint density at radius 2 is 2.00 bits per heavy atom. The molecule has 78 valence electrons. The van der Waals surface area contributed by atoms with E-state index >= 15 is 0 Å². The molecule has 0 aliphatic heterocycles. The van der Waals surface area contributed by atoms with Crippen LogP contribution < -0.4 is 0 Å². The lowest BCUT2D eigenvalue weighted by atomic mass is 10.3. The molecule has 0 atom stereocenters. The van der Waals surface area contributed by atoms with Crippen LogP contribution in [-0.4, -0.2) is 14.4 Å². The second-order valence-electron chi connectivity index (χ2n) is 3.43. The maximum atomic E-state index is 4.34. The SMILES string of the molecule is Brc1ccc2ncc(-c3ccccn3)n2c1. The molecule has 3 aromatic heterocycles. The third-order valence-electron chi connectivity index (χ3n) is 2.40. The Kier molecular flexibility index (Phi) is 2.22. The number of rotatable bonds is 1. The van der Waals surface area contributed by atoms with Crippen molar-refractivity contribution in [1.82, 2.24) is 14.4 Å². The van der Waals surface area contributed by atoms with Crippen LogP contribution in [-0.2, 0) is 0 Å².